The smallest absolute Gasteiger partial charge is 0.416 e. The van der Waals surface area contributed by atoms with E-state index in [0.29, 0.717) is 29.7 Å². The summed E-state index contributed by atoms with van der Waals surface area (Å²) in [6, 6.07) is 35.2. The fourth-order valence-corrected chi connectivity index (χ4v) is 10.3. The van der Waals surface area contributed by atoms with Gasteiger partial charge in [-0.3, -0.25) is 0 Å². The van der Waals surface area contributed by atoms with Crippen molar-refractivity contribution >= 4 is 29.0 Å². The van der Waals surface area contributed by atoms with Crippen LogP contribution >= 0.6 is 0 Å². The van der Waals surface area contributed by atoms with Crippen LogP contribution in [0.1, 0.15) is 133 Å². The van der Waals surface area contributed by atoms with Gasteiger partial charge in [0.1, 0.15) is 0 Å². The number of fused-ring (bicyclic) bond motifs is 6. The third kappa shape index (κ3) is 9.59. The number of unbranched alkanes of at least 4 members (excludes halogenated alkanes) is 6. The number of ether oxygens (including phenoxy) is 2. The Hall–Kier alpha value is -5.89. The molecule has 5 aromatic rings. The molecule has 0 bridgehead atoms. The first-order valence-corrected chi connectivity index (χ1v) is 23.4. The Morgan fingerprint density at radius 2 is 0.923 bits per heavy atom. The van der Waals surface area contributed by atoms with E-state index >= 15 is 0 Å². The maximum atomic E-state index is 14.1. The molecule has 2 aliphatic carbocycles. The van der Waals surface area contributed by atoms with Crippen molar-refractivity contribution in [2.75, 3.05) is 18.1 Å². The lowest BCUT2D eigenvalue weighted by atomic mass is 9.70. The van der Waals surface area contributed by atoms with Gasteiger partial charge in [0, 0.05) is 39.0 Å². The SMILES string of the molecule is C=C(C)C(=O)OCCC1(CCOC(=O)C(=C)C)c2ccccc2-c2ccc(N(c3ccc(C(F)(F)F)cc3)c3ccc4c(c3)C(CCCCCC)(CCCCCC)c3ccccc3-4)cc21. The van der Waals surface area contributed by atoms with Gasteiger partial charge in [-0.1, -0.05) is 139 Å². The number of hydrogen-bond acceptors (Lipinski definition) is 5. The quantitative estimate of drug-likeness (QED) is 0.0417. The Morgan fingerprint density at radius 1 is 0.523 bits per heavy atom. The van der Waals surface area contributed by atoms with E-state index in [1.807, 2.05) is 18.2 Å². The molecule has 340 valence electrons. The van der Waals surface area contributed by atoms with Gasteiger partial charge in [0.05, 0.1) is 18.8 Å². The molecule has 0 aromatic heterocycles. The molecule has 0 spiro atoms. The molecule has 0 fully saturated rings. The summed E-state index contributed by atoms with van der Waals surface area (Å²) in [4.78, 5) is 27.5. The molecule has 0 radical (unpaired) electrons. The van der Waals surface area contributed by atoms with Gasteiger partial charge in [0.25, 0.3) is 0 Å². The van der Waals surface area contributed by atoms with Crippen LogP contribution in [0, 0.1) is 0 Å². The maximum absolute atomic E-state index is 14.1. The third-order valence-electron chi connectivity index (χ3n) is 13.6. The fraction of sp³-hybridized carbons (Fsp3) is 0.368. The lowest BCUT2D eigenvalue weighted by Crippen LogP contribution is -2.30. The molecule has 0 unspecified atom stereocenters. The first-order valence-electron chi connectivity index (χ1n) is 23.4. The van der Waals surface area contributed by atoms with Gasteiger partial charge in [0.15, 0.2) is 0 Å². The molecule has 0 saturated heterocycles. The number of carbonyl (C=O) groups is 2. The number of rotatable bonds is 21. The highest BCUT2D eigenvalue weighted by Gasteiger charge is 2.45. The van der Waals surface area contributed by atoms with Crippen molar-refractivity contribution in [3.8, 4) is 22.3 Å². The first-order chi connectivity index (χ1) is 31.3. The zero-order valence-corrected chi connectivity index (χ0v) is 38.4. The van der Waals surface area contributed by atoms with Gasteiger partial charge in [-0.25, -0.2) is 9.59 Å². The Balaban J connectivity index is 1.41. The summed E-state index contributed by atoms with van der Waals surface area (Å²) in [5, 5.41) is 0. The second-order valence-electron chi connectivity index (χ2n) is 18.0. The molecular formula is C57H62F3NO4. The molecule has 0 heterocycles. The molecule has 8 heteroatoms. The number of benzene rings is 5. The van der Waals surface area contributed by atoms with Gasteiger partial charge >= 0.3 is 18.1 Å². The zero-order valence-electron chi connectivity index (χ0n) is 38.4. The van der Waals surface area contributed by atoms with Crippen LogP contribution in [-0.4, -0.2) is 25.2 Å². The van der Waals surface area contributed by atoms with E-state index in [1.165, 1.54) is 35.1 Å². The average molecular weight is 882 g/mol. The predicted molar refractivity (Wildman–Crippen MR) is 257 cm³/mol. The molecule has 7 rings (SSSR count). The number of esters is 2. The number of anilines is 3. The van der Waals surface area contributed by atoms with E-state index in [4.69, 9.17) is 9.47 Å². The van der Waals surface area contributed by atoms with Crippen LogP contribution in [0.25, 0.3) is 22.3 Å². The number of carbonyl (C=O) groups excluding carboxylic acids is 2. The summed E-state index contributed by atoms with van der Waals surface area (Å²) in [6.07, 6.45) is 7.43. The Bertz CT molecular complexity index is 2490. The van der Waals surface area contributed by atoms with E-state index in [0.717, 1.165) is 97.1 Å². The van der Waals surface area contributed by atoms with Crippen molar-refractivity contribution in [2.24, 2.45) is 0 Å². The predicted octanol–water partition coefficient (Wildman–Crippen LogP) is 15.7. The van der Waals surface area contributed by atoms with Gasteiger partial charge in [-0.2, -0.15) is 13.2 Å². The Kier molecular flexibility index (Phi) is 14.6. The highest BCUT2D eigenvalue weighted by Crippen LogP contribution is 2.57. The van der Waals surface area contributed by atoms with Crippen molar-refractivity contribution in [1.82, 2.24) is 0 Å². The lowest BCUT2D eigenvalue weighted by molar-refractivity contribution is -0.140. The standard InChI is InChI=1S/C57H62F3NO4/c1-7-9-11-17-31-55(32-18-12-10-8-2)49-21-15-13-19-45(49)47-29-27-43(37-51(47)55)61(42-25-23-41(24-26-42)57(58,59)60)44-28-30-48-46-20-14-16-22-50(46)56(52(48)38-44,33-35-64-53(62)39(3)4)34-36-65-54(63)40(5)6/h13-16,19-30,37-38H,3,5,7-12,17-18,31-36H2,1-2,4,6H3. The van der Waals surface area contributed by atoms with E-state index in [2.05, 4.69) is 98.6 Å². The van der Waals surface area contributed by atoms with Crippen LogP contribution in [0.15, 0.2) is 133 Å². The maximum Gasteiger partial charge on any atom is 0.416 e. The van der Waals surface area contributed by atoms with Crippen LogP contribution in [0.5, 0.6) is 0 Å². The highest BCUT2D eigenvalue weighted by atomic mass is 19.4. The van der Waals surface area contributed by atoms with Crippen molar-refractivity contribution in [3.63, 3.8) is 0 Å². The molecule has 0 saturated carbocycles. The molecule has 2 aliphatic rings. The van der Waals surface area contributed by atoms with Gasteiger partial charge in [-0.05, 0) is 133 Å². The van der Waals surface area contributed by atoms with E-state index < -0.39 is 29.1 Å². The van der Waals surface area contributed by atoms with E-state index in [9.17, 15) is 22.8 Å². The minimum absolute atomic E-state index is 0.0741. The van der Waals surface area contributed by atoms with Gasteiger partial charge in [-0.15, -0.1) is 0 Å². The topological polar surface area (TPSA) is 55.8 Å². The number of hydrogen-bond donors (Lipinski definition) is 0. The van der Waals surface area contributed by atoms with Crippen LogP contribution in [0.3, 0.4) is 0 Å². The van der Waals surface area contributed by atoms with Crippen LogP contribution < -0.4 is 4.90 Å². The summed E-state index contributed by atoms with van der Waals surface area (Å²) in [5.41, 5.74) is 10.1. The Labute approximate surface area is 383 Å². The zero-order chi connectivity index (χ0) is 46.4. The van der Waals surface area contributed by atoms with Gasteiger partial charge < -0.3 is 14.4 Å². The summed E-state index contributed by atoms with van der Waals surface area (Å²) in [7, 11) is 0. The van der Waals surface area contributed by atoms with E-state index in [1.54, 1.807) is 26.0 Å². The van der Waals surface area contributed by atoms with Crippen molar-refractivity contribution < 1.29 is 32.2 Å². The van der Waals surface area contributed by atoms with Crippen LogP contribution in [-0.2, 0) is 36.1 Å². The molecule has 0 atom stereocenters. The first kappa shape index (κ1) is 47.1. The Morgan fingerprint density at radius 3 is 1.34 bits per heavy atom. The summed E-state index contributed by atoms with van der Waals surface area (Å²) in [5.74, 6) is -0.985. The summed E-state index contributed by atoms with van der Waals surface area (Å²) < 4.78 is 53.8. The normalized spacial score (nSPS) is 13.9. The third-order valence-corrected chi connectivity index (χ3v) is 13.6. The van der Waals surface area contributed by atoms with Gasteiger partial charge in [0.2, 0.25) is 0 Å². The summed E-state index contributed by atoms with van der Waals surface area (Å²) in [6.45, 7) is 15.4. The average Bonchev–Trinajstić information content (AvgIpc) is 3.72. The van der Waals surface area contributed by atoms with Crippen LogP contribution in [0.2, 0.25) is 0 Å². The highest BCUT2D eigenvalue weighted by molar-refractivity contribution is 5.90. The molecule has 0 aliphatic heterocycles. The fourth-order valence-electron chi connectivity index (χ4n) is 10.3. The monoisotopic (exact) mass is 881 g/mol. The van der Waals surface area contributed by atoms with E-state index in [-0.39, 0.29) is 18.6 Å². The van der Waals surface area contributed by atoms with Crippen molar-refractivity contribution in [1.29, 1.82) is 0 Å². The molecular weight excluding hydrogens is 820 g/mol. The second-order valence-corrected chi connectivity index (χ2v) is 18.0. The van der Waals surface area contributed by atoms with Crippen molar-refractivity contribution in [3.05, 3.63) is 161 Å². The number of alkyl halides is 3. The largest absolute Gasteiger partial charge is 0.462 e. The second kappa shape index (κ2) is 20.1. The number of halogens is 3. The molecule has 5 nitrogen and oxygen atoms in total. The van der Waals surface area contributed by atoms with Crippen molar-refractivity contribution in [2.45, 2.75) is 122 Å². The molecule has 5 aromatic carbocycles. The summed E-state index contributed by atoms with van der Waals surface area (Å²) >= 11 is 0. The minimum Gasteiger partial charge on any atom is -0.462 e. The lowest BCUT2D eigenvalue weighted by Gasteiger charge is -2.35. The molecule has 0 amide bonds. The number of nitrogens with zero attached hydrogens (tertiary/aromatic N) is 1. The molecule has 0 N–H and O–H groups in total. The minimum atomic E-state index is -4.50. The van der Waals surface area contributed by atoms with Crippen LogP contribution in [0.4, 0.5) is 30.2 Å². The molecule has 65 heavy (non-hydrogen) atoms.